The lowest BCUT2D eigenvalue weighted by atomic mass is 10.0. The molecule has 3 heteroatoms. The van der Waals surface area contributed by atoms with Crippen LogP contribution in [0, 0.1) is 0 Å². The van der Waals surface area contributed by atoms with Gasteiger partial charge in [-0.3, -0.25) is 0 Å². The lowest BCUT2D eigenvalue weighted by Crippen LogP contribution is -2.19. The summed E-state index contributed by atoms with van der Waals surface area (Å²) in [7, 11) is 1.30. The summed E-state index contributed by atoms with van der Waals surface area (Å²) >= 11 is 0. The van der Waals surface area contributed by atoms with Gasteiger partial charge in [-0.2, -0.15) is 0 Å². The summed E-state index contributed by atoms with van der Waals surface area (Å²) in [5.41, 5.74) is 0.329. The van der Waals surface area contributed by atoms with E-state index in [9.17, 15) is 9.90 Å². The van der Waals surface area contributed by atoms with Crippen LogP contribution in [-0.4, -0.2) is 24.3 Å². The first-order valence-corrected chi connectivity index (χ1v) is 3.39. The van der Waals surface area contributed by atoms with Crippen LogP contribution in [-0.2, 0) is 9.53 Å². The highest BCUT2D eigenvalue weighted by atomic mass is 16.5. The van der Waals surface area contributed by atoms with Gasteiger partial charge < -0.3 is 9.84 Å². The second-order valence-electron chi connectivity index (χ2n) is 2.29. The molecule has 1 unspecified atom stereocenters. The van der Waals surface area contributed by atoms with E-state index in [1.807, 2.05) is 0 Å². The van der Waals surface area contributed by atoms with Crippen molar-refractivity contribution in [2.24, 2.45) is 0 Å². The highest BCUT2D eigenvalue weighted by Crippen LogP contribution is 2.13. The molecule has 1 aliphatic rings. The van der Waals surface area contributed by atoms with Gasteiger partial charge in [0.2, 0.25) is 0 Å². The van der Waals surface area contributed by atoms with Gasteiger partial charge in [0.05, 0.1) is 18.8 Å². The third-order valence-electron chi connectivity index (χ3n) is 1.55. The number of allylic oxidation sites excluding steroid dienone is 2. The topological polar surface area (TPSA) is 46.5 Å². The molecule has 11 heavy (non-hydrogen) atoms. The number of ether oxygens (including phenoxy) is 1. The number of carbonyl (C=O) groups is 1. The average molecular weight is 154 g/mol. The largest absolute Gasteiger partial charge is 0.466 e. The predicted octanol–water partition coefficient (Wildman–Crippen LogP) is 0.407. The number of aliphatic hydroxyl groups is 1. The Morgan fingerprint density at radius 3 is 3.09 bits per heavy atom. The van der Waals surface area contributed by atoms with Crippen molar-refractivity contribution < 1.29 is 14.6 Å². The number of rotatable bonds is 1. The zero-order chi connectivity index (χ0) is 8.27. The molecule has 60 valence electrons. The van der Waals surface area contributed by atoms with Crippen molar-refractivity contribution in [1.82, 2.24) is 0 Å². The lowest BCUT2D eigenvalue weighted by molar-refractivity contribution is -0.137. The molecule has 1 N–H and O–H groups in total. The van der Waals surface area contributed by atoms with Crippen LogP contribution in [0.5, 0.6) is 0 Å². The number of hydrogen-bond acceptors (Lipinski definition) is 3. The van der Waals surface area contributed by atoms with Gasteiger partial charge in [-0.15, -0.1) is 0 Å². The second-order valence-corrected chi connectivity index (χ2v) is 2.29. The Hall–Kier alpha value is -1.09. The van der Waals surface area contributed by atoms with Crippen LogP contribution >= 0.6 is 0 Å². The Balaban J connectivity index is 2.75. The third kappa shape index (κ3) is 1.68. The maximum atomic E-state index is 10.9. The molecule has 0 heterocycles. The summed E-state index contributed by atoms with van der Waals surface area (Å²) in [6, 6.07) is 0. The van der Waals surface area contributed by atoms with Gasteiger partial charge in [-0.05, 0) is 12.5 Å². The Morgan fingerprint density at radius 1 is 1.82 bits per heavy atom. The lowest BCUT2D eigenvalue weighted by Gasteiger charge is -2.12. The molecule has 0 saturated heterocycles. The molecule has 3 nitrogen and oxygen atoms in total. The summed E-state index contributed by atoms with van der Waals surface area (Å²) in [6.07, 6.45) is 4.89. The molecule has 0 aromatic carbocycles. The van der Waals surface area contributed by atoms with Crippen LogP contribution in [0.3, 0.4) is 0 Å². The van der Waals surface area contributed by atoms with Crippen LogP contribution in [0.1, 0.15) is 6.42 Å². The molecule has 0 aliphatic heterocycles. The maximum Gasteiger partial charge on any atom is 0.336 e. The molecule has 0 aromatic rings. The van der Waals surface area contributed by atoms with Crippen LogP contribution in [0.2, 0.25) is 0 Å². The second kappa shape index (κ2) is 3.34. The van der Waals surface area contributed by atoms with Crippen molar-refractivity contribution >= 4 is 5.97 Å². The summed E-state index contributed by atoms with van der Waals surface area (Å²) in [6.45, 7) is 0. The van der Waals surface area contributed by atoms with E-state index in [-0.39, 0.29) is 0 Å². The maximum absolute atomic E-state index is 10.9. The Morgan fingerprint density at radius 2 is 2.55 bits per heavy atom. The van der Waals surface area contributed by atoms with E-state index >= 15 is 0 Å². The Bertz CT molecular complexity index is 215. The third-order valence-corrected chi connectivity index (χ3v) is 1.55. The first-order valence-electron chi connectivity index (χ1n) is 3.39. The average Bonchev–Trinajstić information content (AvgIpc) is 2.04. The first-order chi connectivity index (χ1) is 5.25. The predicted molar refractivity (Wildman–Crippen MR) is 39.9 cm³/mol. The van der Waals surface area contributed by atoms with Gasteiger partial charge in [0.1, 0.15) is 0 Å². The zero-order valence-electron chi connectivity index (χ0n) is 6.28. The molecule has 0 radical (unpaired) electrons. The van der Waals surface area contributed by atoms with Crippen LogP contribution in [0.4, 0.5) is 0 Å². The summed E-state index contributed by atoms with van der Waals surface area (Å²) in [4.78, 5) is 10.9. The van der Waals surface area contributed by atoms with Crippen LogP contribution in [0.25, 0.3) is 0 Å². The molecule has 0 saturated carbocycles. The summed E-state index contributed by atoms with van der Waals surface area (Å²) < 4.78 is 4.46. The molecule has 0 spiro atoms. The van der Waals surface area contributed by atoms with E-state index in [1.165, 1.54) is 7.11 Å². The van der Waals surface area contributed by atoms with E-state index in [2.05, 4.69) is 4.74 Å². The number of aliphatic hydroxyl groups excluding tert-OH is 1. The fourth-order valence-corrected chi connectivity index (χ4v) is 0.939. The molecular weight excluding hydrogens is 144 g/mol. The number of esters is 1. The van der Waals surface area contributed by atoms with E-state index in [4.69, 9.17) is 0 Å². The monoisotopic (exact) mass is 154 g/mol. The van der Waals surface area contributed by atoms with Gasteiger partial charge >= 0.3 is 5.97 Å². The van der Waals surface area contributed by atoms with Gasteiger partial charge in [-0.1, -0.05) is 12.2 Å². The van der Waals surface area contributed by atoms with Gasteiger partial charge in [0.25, 0.3) is 0 Å². The zero-order valence-corrected chi connectivity index (χ0v) is 6.28. The molecule has 1 atom stereocenters. The van der Waals surface area contributed by atoms with Crippen LogP contribution in [0.15, 0.2) is 23.8 Å². The van der Waals surface area contributed by atoms with E-state index in [0.29, 0.717) is 12.0 Å². The smallest absolute Gasteiger partial charge is 0.336 e. The fourth-order valence-electron chi connectivity index (χ4n) is 0.939. The molecule has 0 amide bonds. The molecular formula is C8H10O3. The summed E-state index contributed by atoms with van der Waals surface area (Å²) in [5.74, 6) is -0.457. The minimum absolute atomic E-state index is 0.329. The summed E-state index contributed by atoms with van der Waals surface area (Å²) in [5, 5.41) is 9.25. The van der Waals surface area contributed by atoms with Crippen molar-refractivity contribution in [3.8, 4) is 0 Å². The minimum atomic E-state index is -0.701. The van der Waals surface area contributed by atoms with Gasteiger partial charge in [-0.25, -0.2) is 4.79 Å². The first kappa shape index (κ1) is 8.01. The molecule has 1 rings (SSSR count). The standard InChI is InChI=1S/C8H10O3/c1-11-8(10)6-4-2-3-5-7(6)9/h2-4,7,9H,5H2,1H3. The van der Waals surface area contributed by atoms with Gasteiger partial charge in [0, 0.05) is 0 Å². The van der Waals surface area contributed by atoms with Crippen molar-refractivity contribution in [2.75, 3.05) is 7.11 Å². The highest BCUT2D eigenvalue weighted by molar-refractivity contribution is 5.90. The molecule has 0 fully saturated rings. The quantitative estimate of drug-likeness (QED) is 0.556. The van der Waals surface area contributed by atoms with Crippen molar-refractivity contribution in [3.05, 3.63) is 23.8 Å². The molecule has 0 aromatic heterocycles. The van der Waals surface area contributed by atoms with Crippen molar-refractivity contribution in [2.45, 2.75) is 12.5 Å². The van der Waals surface area contributed by atoms with Gasteiger partial charge in [0.15, 0.2) is 0 Å². The van der Waals surface area contributed by atoms with E-state index < -0.39 is 12.1 Å². The molecule has 1 aliphatic carbocycles. The molecule has 0 bridgehead atoms. The number of carbonyl (C=O) groups excluding carboxylic acids is 1. The normalized spacial score (nSPS) is 22.7. The highest BCUT2D eigenvalue weighted by Gasteiger charge is 2.19. The Kier molecular flexibility index (Phi) is 2.44. The Labute approximate surface area is 65.0 Å². The van der Waals surface area contributed by atoms with E-state index in [1.54, 1.807) is 18.2 Å². The van der Waals surface area contributed by atoms with Crippen molar-refractivity contribution in [1.29, 1.82) is 0 Å². The van der Waals surface area contributed by atoms with E-state index in [0.717, 1.165) is 0 Å². The minimum Gasteiger partial charge on any atom is -0.466 e. The van der Waals surface area contributed by atoms with Crippen LogP contribution < -0.4 is 0 Å². The van der Waals surface area contributed by atoms with Crippen molar-refractivity contribution in [3.63, 3.8) is 0 Å². The number of hydrogen-bond donors (Lipinski definition) is 1. The SMILES string of the molecule is COC(=O)C1=CC=CCC1O. The fraction of sp³-hybridized carbons (Fsp3) is 0.375. The number of methoxy groups -OCH3 is 1.